The monoisotopic (exact) mass is 208 g/mol. The van der Waals surface area contributed by atoms with E-state index in [1.54, 1.807) is 0 Å². The summed E-state index contributed by atoms with van der Waals surface area (Å²) in [4.78, 5) is 3.36. The van der Waals surface area contributed by atoms with Crippen LogP contribution in [0.2, 0.25) is 0 Å². The van der Waals surface area contributed by atoms with E-state index in [1.165, 1.54) is 0 Å². The molecule has 0 saturated heterocycles. The summed E-state index contributed by atoms with van der Waals surface area (Å²) in [7, 11) is 0. The fraction of sp³-hybridized carbons (Fsp3) is 0.375. The summed E-state index contributed by atoms with van der Waals surface area (Å²) in [5.41, 5.74) is 4.49. The van der Waals surface area contributed by atoms with E-state index >= 15 is 0 Å². The molecule has 1 rings (SSSR count). The van der Waals surface area contributed by atoms with Crippen molar-refractivity contribution in [2.24, 2.45) is 5.73 Å². The van der Waals surface area contributed by atoms with Crippen LogP contribution in [0.25, 0.3) is 0 Å². The van der Waals surface area contributed by atoms with Crippen molar-refractivity contribution in [3.63, 3.8) is 0 Å². The second kappa shape index (κ2) is 3.91. The van der Waals surface area contributed by atoms with Gasteiger partial charge in [0, 0.05) is 18.3 Å². The minimum atomic E-state index is -4.53. The molecule has 78 valence electrons. The van der Waals surface area contributed by atoms with Crippen molar-refractivity contribution in [1.82, 2.24) is 4.98 Å². The lowest BCUT2D eigenvalue weighted by molar-refractivity contribution is -0.148. The maximum atomic E-state index is 12.9. The number of hydrogen-bond acceptors (Lipinski definition) is 2. The van der Waals surface area contributed by atoms with Crippen molar-refractivity contribution in [2.45, 2.75) is 12.1 Å². The maximum Gasteiger partial charge on any atom is 0.397 e. The molecular formula is C8H8F4N2. The molecule has 1 atom stereocenters. The Morgan fingerprint density at radius 1 is 1.43 bits per heavy atom. The van der Waals surface area contributed by atoms with Crippen LogP contribution >= 0.6 is 0 Å². The molecule has 0 bridgehead atoms. The molecule has 1 aromatic heterocycles. The fourth-order valence-corrected chi connectivity index (χ4v) is 1.11. The molecule has 14 heavy (non-hydrogen) atoms. The van der Waals surface area contributed by atoms with Crippen LogP contribution in [0.1, 0.15) is 11.5 Å². The fourth-order valence-electron chi connectivity index (χ4n) is 1.11. The maximum absolute atomic E-state index is 12.9. The SMILES string of the molecule is NCC(c1ccncc1F)C(F)(F)F. The lowest BCUT2D eigenvalue weighted by Gasteiger charge is -2.18. The Morgan fingerprint density at radius 2 is 2.07 bits per heavy atom. The molecular weight excluding hydrogens is 200 g/mol. The van der Waals surface area contributed by atoms with Crippen molar-refractivity contribution >= 4 is 0 Å². The number of alkyl halides is 3. The first kappa shape index (κ1) is 10.9. The quantitative estimate of drug-likeness (QED) is 0.753. The minimum absolute atomic E-state index is 0.463. The number of rotatable bonds is 2. The van der Waals surface area contributed by atoms with E-state index < -0.39 is 30.0 Å². The van der Waals surface area contributed by atoms with Crippen LogP contribution in [0.3, 0.4) is 0 Å². The first-order valence-electron chi connectivity index (χ1n) is 3.83. The first-order valence-corrected chi connectivity index (χ1v) is 3.83. The Morgan fingerprint density at radius 3 is 2.50 bits per heavy atom. The van der Waals surface area contributed by atoms with E-state index in [1.807, 2.05) is 0 Å². The Hall–Kier alpha value is -1.17. The van der Waals surface area contributed by atoms with Crippen LogP contribution < -0.4 is 5.73 Å². The number of hydrogen-bond donors (Lipinski definition) is 1. The average Bonchev–Trinajstić information content (AvgIpc) is 2.07. The second-order valence-electron chi connectivity index (χ2n) is 2.73. The molecule has 0 amide bonds. The van der Waals surface area contributed by atoms with Crippen LogP contribution in [-0.2, 0) is 0 Å². The second-order valence-corrected chi connectivity index (χ2v) is 2.73. The first-order chi connectivity index (χ1) is 6.46. The molecule has 1 aromatic rings. The Kier molecular flexibility index (Phi) is 3.05. The van der Waals surface area contributed by atoms with Crippen LogP contribution in [0.4, 0.5) is 17.6 Å². The molecule has 2 N–H and O–H groups in total. The summed E-state index contributed by atoms with van der Waals surface area (Å²) >= 11 is 0. The van der Waals surface area contributed by atoms with Gasteiger partial charge in [-0.3, -0.25) is 4.98 Å². The molecule has 6 heteroatoms. The van der Waals surface area contributed by atoms with E-state index in [9.17, 15) is 17.6 Å². The third-order valence-corrected chi connectivity index (χ3v) is 1.81. The summed E-state index contributed by atoms with van der Waals surface area (Å²) in [6.07, 6.45) is -2.69. The van der Waals surface area contributed by atoms with Crippen LogP contribution in [0, 0.1) is 5.82 Å². The molecule has 0 spiro atoms. The van der Waals surface area contributed by atoms with Gasteiger partial charge in [0.2, 0.25) is 0 Å². The number of nitrogens with two attached hydrogens (primary N) is 1. The average molecular weight is 208 g/mol. The van der Waals surface area contributed by atoms with Crippen molar-refractivity contribution < 1.29 is 17.6 Å². The zero-order chi connectivity index (χ0) is 10.8. The minimum Gasteiger partial charge on any atom is -0.330 e. The Balaban J connectivity index is 3.08. The topological polar surface area (TPSA) is 38.9 Å². The van der Waals surface area contributed by atoms with Gasteiger partial charge in [0.1, 0.15) is 5.82 Å². The van der Waals surface area contributed by atoms with Crippen molar-refractivity contribution in [3.8, 4) is 0 Å². The van der Waals surface area contributed by atoms with Crippen LogP contribution in [-0.4, -0.2) is 17.7 Å². The highest BCUT2D eigenvalue weighted by atomic mass is 19.4. The molecule has 0 aliphatic carbocycles. The summed E-state index contributed by atoms with van der Waals surface area (Å²) in [5.74, 6) is -2.95. The smallest absolute Gasteiger partial charge is 0.330 e. The predicted molar refractivity (Wildman–Crippen MR) is 42.0 cm³/mol. The highest BCUT2D eigenvalue weighted by molar-refractivity contribution is 5.20. The van der Waals surface area contributed by atoms with Gasteiger partial charge in [-0.15, -0.1) is 0 Å². The summed E-state index contributed by atoms with van der Waals surface area (Å²) in [6, 6.07) is 0.986. The van der Waals surface area contributed by atoms with Gasteiger partial charge < -0.3 is 5.73 Å². The highest BCUT2D eigenvalue weighted by Gasteiger charge is 2.40. The van der Waals surface area contributed by atoms with Gasteiger partial charge >= 0.3 is 6.18 Å². The van der Waals surface area contributed by atoms with Gasteiger partial charge in [-0.2, -0.15) is 13.2 Å². The number of pyridine rings is 1. The lowest BCUT2D eigenvalue weighted by atomic mass is 9.99. The van der Waals surface area contributed by atoms with Gasteiger partial charge in [0.15, 0.2) is 0 Å². The number of nitrogens with zero attached hydrogens (tertiary/aromatic N) is 1. The molecule has 0 aliphatic rings. The van der Waals surface area contributed by atoms with Gasteiger partial charge in [-0.25, -0.2) is 4.39 Å². The van der Waals surface area contributed by atoms with Crippen LogP contribution in [0.15, 0.2) is 18.5 Å². The van der Waals surface area contributed by atoms with Crippen molar-refractivity contribution in [1.29, 1.82) is 0 Å². The number of aromatic nitrogens is 1. The summed E-state index contributed by atoms with van der Waals surface area (Å²) in [5, 5.41) is 0. The van der Waals surface area contributed by atoms with E-state index in [0.717, 1.165) is 18.5 Å². The van der Waals surface area contributed by atoms with Crippen molar-refractivity contribution in [3.05, 3.63) is 29.8 Å². The normalized spacial score (nSPS) is 14.1. The van der Waals surface area contributed by atoms with Gasteiger partial charge in [-0.05, 0) is 6.07 Å². The highest BCUT2D eigenvalue weighted by Crippen LogP contribution is 2.34. The molecule has 0 saturated carbocycles. The summed E-state index contributed by atoms with van der Waals surface area (Å²) in [6.45, 7) is -0.676. The molecule has 0 aromatic carbocycles. The van der Waals surface area contributed by atoms with Crippen molar-refractivity contribution in [2.75, 3.05) is 6.54 Å². The van der Waals surface area contributed by atoms with Gasteiger partial charge in [-0.1, -0.05) is 0 Å². The van der Waals surface area contributed by atoms with E-state index in [-0.39, 0.29) is 0 Å². The standard InChI is InChI=1S/C8H8F4N2/c9-7-4-14-2-1-5(7)6(3-13)8(10,11)12/h1-2,4,6H,3,13H2. The van der Waals surface area contributed by atoms with E-state index in [4.69, 9.17) is 5.73 Å². The Labute approximate surface area is 77.7 Å². The zero-order valence-electron chi connectivity index (χ0n) is 7.05. The third kappa shape index (κ3) is 2.20. The third-order valence-electron chi connectivity index (χ3n) is 1.81. The number of halogens is 4. The van der Waals surface area contributed by atoms with Gasteiger partial charge in [0.25, 0.3) is 0 Å². The summed E-state index contributed by atoms with van der Waals surface area (Å²) < 4.78 is 49.9. The molecule has 1 unspecified atom stereocenters. The lowest BCUT2D eigenvalue weighted by Crippen LogP contribution is -2.28. The van der Waals surface area contributed by atoms with Gasteiger partial charge in [0.05, 0.1) is 12.1 Å². The molecule has 0 radical (unpaired) electrons. The largest absolute Gasteiger partial charge is 0.397 e. The zero-order valence-corrected chi connectivity index (χ0v) is 7.05. The molecule has 2 nitrogen and oxygen atoms in total. The van der Waals surface area contributed by atoms with E-state index in [2.05, 4.69) is 4.98 Å². The van der Waals surface area contributed by atoms with E-state index in [0.29, 0.717) is 0 Å². The molecule has 0 aliphatic heterocycles. The molecule has 0 fully saturated rings. The Bertz CT molecular complexity index is 310. The van der Waals surface area contributed by atoms with Crippen LogP contribution in [0.5, 0.6) is 0 Å². The molecule has 1 heterocycles. The predicted octanol–water partition coefficient (Wildman–Crippen LogP) is 1.83.